The quantitative estimate of drug-likeness (QED) is 0.758. The summed E-state index contributed by atoms with van der Waals surface area (Å²) in [5.74, 6) is -0.304. The fourth-order valence-corrected chi connectivity index (χ4v) is 3.16. The lowest BCUT2D eigenvalue weighted by Gasteiger charge is -2.07. The number of fused-ring (bicyclic) bond motifs is 1. The Morgan fingerprint density at radius 3 is 2.90 bits per heavy atom. The Morgan fingerprint density at radius 2 is 2.19 bits per heavy atom. The number of anilines is 2. The van der Waals surface area contributed by atoms with E-state index in [2.05, 4.69) is 15.5 Å². The predicted octanol–water partition coefficient (Wildman–Crippen LogP) is 3.49. The second-order valence-electron chi connectivity index (χ2n) is 4.53. The van der Waals surface area contributed by atoms with Crippen LogP contribution < -0.4 is 11.1 Å². The van der Waals surface area contributed by atoms with E-state index in [0.717, 1.165) is 10.9 Å². The molecule has 0 aliphatic rings. The third kappa shape index (κ3) is 2.55. The largest absolute Gasteiger partial charge is 0.397 e. The fraction of sp³-hybridized carbons (Fsp3) is 0.0714. The molecule has 0 unspecified atom stereocenters. The molecule has 1 aromatic carbocycles. The topological polar surface area (TPSA) is 80.9 Å². The zero-order valence-electron chi connectivity index (χ0n) is 11.1. The van der Waals surface area contributed by atoms with Crippen molar-refractivity contribution in [3.8, 4) is 0 Å². The molecule has 7 heteroatoms. The van der Waals surface area contributed by atoms with Crippen LogP contribution >= 0.6 is 22.9 Å². The first-order chi connectivity index (χ1) is 10.1. The Morgan fingerprint density at radius 1 is 1.38 bits per heavy atom. The molecule has 3 N–H and O–H groups in total. The van der Waals surface area contributed by atoms with Gasteiger partial charge >= 0.3 is 0 Å². The highest BCUT2D eigenvalue weighted by Crippen LogP contribution is 2.32. The smallest absolute Gasteiger partial charge is 0.267 e. The van der Waals surface area contributed by atoms with Crippen LogP contribution in [0.15, 0.2) is 30.5 Å². The van der Waals surface area contributed by atoms with Gasteiger partial charge in [0.2, 0.25) is 0 Å². The van der Waals surface area contributed by atoms with E-state index in [1.54, 1.807) is 24.4 Å². The Kier molecular flexibility index (Phi) is 3.48. The van der Waals surface area contributed by atoms with E-state index >= 15 is 0 Å². The summed E-state index contributed by atoms with van der Waals surface area (Å²) in [7, 11) is 0. The number of halogens is 1. The Labute approximate surface area is 129 Å². The Bertz CT molecular complexity index is 846. The molecule has 0 saturated heterocycles. The number of hydrogen-bond donors (Lipinski definition) is 2. The number of hydrogen-bond acceptors (Lipinski definition) is 5. The number of nitrogens with two attached hydrogens (primary N) is 1. The van der Waals surface area contributed by atoms with E-state index in [4.69, 9.17) is 17.3 Å². The van der Waals surface area contributed by atoms with Gasteiger partial charge in [-0.1, -0.05) is 17.7 Å². The van der Waals surface area contributed by atoms with Crippen molar-refractivity contribution in [3.05, 3.63) is 45.9 Å². The van der Waals surface area contributed by atoms with E-state index in [-0.39, 0.29) is 5.91 Å². The fourth-order valence-electron chi connectivity index (χ4n) is 1.94. The van der Waals surface area contributed by atoms with E-state index in [1.807, 2.05) is 13.0 Å². The molecule has 0 aliphatic heterocycles. The maximum absolute atomic E-state index is 12.4. The lowest BCUT2D eigenvalue weighted by molar-refractivity contribution is 0.103. The average Bonchev–Trinajstić information content (AvgIpc) is 2.80. The number of nitrogens with one attached hydrogen (secondary N) is 1. The van der Waals surface area contributed by atoms with Crippen molar-refractivity contribution in [3.63, 3.8) is 0 Å². The van der Waals surface area contributed by atoms with Gasteiger partial charge in [-0.25, -0.2) is 0 Å². The van der Waals surface area contributed by atoms with E-state index in [1.165, 1.54) is 11.3 Å². The molecule has 2 aromatic heterocycles. The maximum Gasteiger partial charge on any atom is 0.267 e. The number of thiophene rings is 1. The van der Waals surface area contributed by atoms with Crippen LogP contribution in [0.2, 0.25) is 5.02 Å². The molecule has 106 valence electrons. The van der Waals surface area contributed by atoms with Crippen LogP contribution in [-0.4, -0.2) is 16.1 Å². The number of benzene rings is 1. The van der Waals surface area contributed by atoms with Gasteiger partial charge in [0.1, 0.15) is 9.71 Å². The maximum atomic E-state index is 12.4. The lowest BCUT2D eigenvalue weighted by atomic mass is 10.2. The number of carbonyl (C=O) groups is 1. The standard InChI is InChI=1S/C14H11ClN4OS/c1-7-2-3-10(9(15)6-7)18-13(20)12-11(16)8-4-5-17-19-14(8)21-12/h2-6H,16H2,1H3,(H,18,20). The van der Waals surface area contributed by atoms with Crippen LogP contribution in [0, 0.1) is 6.92 Å². The minimum Gasteiger partial charge on any atom is -0.397 e. The van der Waals surface area contributed by atoms with Gasteiger partial charge in [-0.3, -0.25) is 4.79 Å². The van der Waals surface area contributed by atoms with Gasteiger partial charge in [0, 0.05) is 5.39 Å². The molecule has 3 aromatic rings. The monoisotopic (exact) mass is 318 g/mol. The molecule has 0 aliphatic carbocycles. The van der Waals surface area contributed by atoms with Crippen molar-refractivity contribution >= 4 is 50.4 Å². The highest BCUT2D eigenvalue weighted by atomic mass is 35.5. The van der Waals surface area contributed by atoms with Gasteiger partial charge in [0.15, 0.2) is 0 Å². The molecular weight excluding hydrogens is 308 g/mol. The van der Waals surface area contributed by atoms with Gasteiger partial charge < -0.3 is 11.1 Å². The molecule has 0 spiro atoms. The first-order valence-electron chi connectivity index (χ1n) is 6.13. The molecule has 0 atom stereocenters. The molecule has 5 nitrogen and oxygen atoms in total. The third-order valence-corrected chi connectivity index (χ3v) is 4.42. The van der Waals surface area contributed by atoms with Crippen LogP contribution in [0.5, 0.6) is 0 Å². The number of nitrogen functional groups attached to an aromatic ring is 1. The summed E-state index contributed by atoms with van der Waals surface area (Å²) in [5, 5.41) is 11.7. The lowest BCUT2D eigenvalue weighted by Crippen LogP contribution is -2.12. The van der Waals surface area contributed by atoms with Gasteiger partial charge in [-0.05, 0) is 30.7 Å². The molecule has 21 heavy (non-hydrogen) atoms. The molecule has 0 saturated carbocycles. The molecule has 0 bridgehead atoms. The van der Waals surface area contributed by atoms with Crippen molar-refractivity contribution in [2.24, 2.45) is 0 Å². The number of aryl methyl sites for hydroxylation is 1. The Balaban J connectivity index is 1.95. The first-order valence-corrected chi connectivity index (χ1v) is 7.33. The van der Waals surface area contributed by atoms with Crippen LogP contribution in [0.4, 0.5) is 11.4 Å². The number of rotatable bonds is 2. The minimum absolute atomic E-state index is 0.304. The number of nitrogens with zero attached hydrogens (tertiary/aromatic N) is 2. The summed E-state index contributed by atoms with van der Waals surface area (Å²) in [5.41, 5.74) is 7.99. The second-order valence-corrected chi connectivity index (χ2v) is 5.94. The zero-order chi connectivity index (χ0) is 15.0. The van der Waals surface area contributed by atoms with Gasteiger partial charge in [0.05, 0.1) is 22.6 Å². The normalized spacial score (nSPS) is 10.8. The Hall–Kier alpha value is -2.18. The van der Waals surface area contributed by atoms with Crippen LogP contribution in [-0.2, 0) is 0 Å². The first kappa shape index (κ1) is 13.8. The van der Waals surface area contributed by atoms with E-state index in [0.29, 0.717) is 26.1 Å². The van der Waals surface area contributed by atoms with E-state index in [9.17, 15) is 4.79 Å². The summed E-state index contributed by atoms with van der Waals surface area (Å²) in [6.45, 7) is 1.93. The van der Waals surface area contributed by atoms with Crippen LogP contribution in [0.3, 0.4) is 0 Å². The molecule has 3 rings (SSSR count). The molecule has 2 heterocycles. The highest BCUT2D eigenvalue weighted by molar-refractivity contribution is 7.21. The van der Waals surface area contributed by atoms with Crippen molar-refractivity contribution in [1.29, 1.82) is 0 Å². The van der Waals surface area contributed by atoms with Gasteiger partial charge in [-0.15, -0.1) is 16.4 Å². The predicted molar refractivity (Wildman–Crippen MR) is 86.0 cm³/mol. The summed E-state index contributed by atoms with van der Waals surface area (Å²) in [6.07, 6.45) is 1.55. The van der Waals surface area contributed by atoms with Crippen LogP contribution in [0.25, 0.3) is 10.2 Å². The summed E-state index contributed by atoms with van der Waals surface area (Å²) in [6, 6.07) is 7.17. The van der Waals surface area contributed by atoms with Crippen molar-refractivity contribution in [2.75, 3.05) is 11.1 Å². The number of carbonyl (C=O) groups excluding carboxylic acids is 1. The summed E-state index contributed by atoms with van der Waals surface area (Å²) < 4.78 is 0. The summed E-state index contributed by atoms with van der Waals surface area (Å²) in [4.78, 5) is 13.4. The van der Waals surface area contributed by atoms with Crippen LogP contribution in [0.1, 0.15) is 15.2 Å². The van der Waals surface area contributed by atoms with Gasteiger partial charge in [0.25, 0.3) is 5.91 Å². The zero-order valence-corrected chi connectivity index (χ0v) is 12.6. The van der Waals surface area contributed by atoms with E-state index < -0.39 is 0 Å². The second kappa shape index (κ2) is 5.31. The van der Waals surface area contributed by atoms with Crippen molar-refractivity contribution in [1.82, 2.24) is 10.2 Å². The van der Waals surface area contributed by atoms with Gasteiger partial charge in [-0.2, -0.15) is 5.10 Å². The molecule has 0 radical (unpaired) electrons. The number of amides is 1. The third-order valence-electron chi connectivity index (χ3n) is 3.00. The molecule has 1 amide bonds. The highest BCUT2D eigenvalue weighted by Gasteiger charge is 2.18. The van der Waals surface area contributed by atoms with Crippen molar-refractivity contribution in [2.45, 2.75) is 6.92 Å². The minimum atomic E-state index is -0.304. The summed E-state index contributed by atoms with van der Waals surface area (Å²) >= 11 is 7.32. The molecule has 0 fully saturated rings. The average molecular weight is 319 g/mol. The number of aromatic nitrogens is 2. The van der Waals surface area contributed by atoms with Crippen molar-refractivity contribution < 1.29 is 4.79 Å². The molecular formula is C14H11ClN4OS. The SMILES string of the molecule is Cc1ccc(NC(=O)c2sc3nnccc3c2N)c(Cl)c1.